The van der Waals surface area contributed by atoms with Crippen molar-refractivity contribution in [3.05, 3.63) is 65.7 Å². The lowest BCUT2D eigenvalue weighted by atomic mass is 9.98. The molecular weight excluding hydrogens is 318 g/mol. The molecule has 0 aliphatic rings. The number of nitrogens with one attached hydrogen (secondary N) is 1. The van der Waals surface area contributed by atoms with Crippen LogP contribution in [0.4, 0.5) is 0 Å². The minimum absolute atomic E-state index is 0.511. The number of hydrogen-bond acceptors (Lipinski definition) is 2. The van der Waals surface area contributed by atoms with Crippen molar-refractivity contribution >= 4 is 38.4 Å². The van der Waals surface area contributed by atoms with Crippen LogP contribution >= 0.6 is 0 Å². The maximum absolute atomic E-state index is 6.49. The number of fused-ring (bicyclic) bond motifs is 5. The fourth-order valence-electron chi connectivity index (χ4n) is 3.70. The Labute approximate surface area is 154 Å². The summed E-state index contributed by atoms with van der Waals surface area (Å²) in [5, 5.41) is 8.13. The van der Waals surface area contributed by atoms with Gasteiger partial charge in [0.1, 0.15) is 11.2 Å². The molecule has 2 heteroatoms. The molecule has 4 aromatic rings. The lowest BCUT2D eigenvalue weighted by Crippen LogP contribution is -2.08. The third-order valence-electron chi connectivity index (χ3n) is 5.37. The molecule has 2 nitrogen and oxygen atoms in total. The van der Waals surface area contributed by atoms with Crippen LogP contribution in [0.15, 0.2) is 59.0 Å². The standard InChI is InChI=1S/C24H25NO/c1-5-15(2)14-21(25-4)22-16(3)10-12-20-19-13-11-17-8-6-7-9-18(17)23(19)26-24(20)22/h6-15,25H,5H2,1-4H3/b21-14-. The van der Waals surface area contributed by atoms with Gasteiger partial charge in [0.05, 0.1) is 0 Å². The van der Waals surface area contributed by atoms with E-state index < -0.39 is 0 Å². The molecule has 0 radical (unpaired) electrons. The summed E-state index contributed by atoms with van der Waals surface area (Å²) in [6.07, 6.45) is 3.43. The van der Waals surface area contributed by atoms with Crippen molar-refractivity contribution in [2.24, 2.45) is 5.92 Å². The Balaban J connectivity index is 2.09. The third kappa shape index (κ3) is 2.57. The smallest absolute Gasteiger partial charge is 0.145 e. The predicted octanol–water partition coefficient (Wildman–Crippen LogP) is 6.65. The van der Waals surface area contributed by atoms with Crippen LogP contribution in [-0.4, -0.2) is 7.05 Å². The summed E-state index contributed by atoms with van der Waals surface area (Å²) in [5.74, 6) is 0.511. The summed E-state index contributed by atoms with van der Waals surface area (Å²) < 4.78 is 6.49. The number of furan rings is 1. The van der Waals surface area contributed by atoms with Gasteiger partial charge in [0.15, 0.2) is 0 Å². The van der Waals surface area contributed by atoms with Gasteiger partial charge < -0.3 is 9.73 Å². The van der Waals surface area contributed by atoms with E-state index >= 15 is 0 Å². The number of allylic oxidation sites excluding steroid dienone is 1. The van der Waals surface area contributed by atoms with E-state index in [1.807, 2.05) is 7.05 Å². The number of aryl methyl sites for hydroxylation is 1. The Morgan fingerprint density at radius 2 is 1.73 bits per heavy atom. The highest BCUT2D eigenvalue weighted by atomic mass is 16.3. The quantitative estimate of drug-likeness (QED) is 0.448. The number of rotatable bonds is 4. The van der Waals surface area contributed by atoms with E-state index in [1.165, 1.54) is 32.7 Å². The minimum Gasteiger partial charge on any atom is -0.455 e. The topological polar surface area (TPSA) is 25.2 Å². The molecule has 0 bridgehead atoms. The van der Waals surface area contributed by atoms with Crippen LogP contribution in [-0.2, 0) is 0 Å². The second kappa shape index (κ2) is 6.53. The molecule has 1 aromatic heterocycles. The molecular formula is C24H25NO. The van der Waals surface area contributed by atoms with Gasteiger partial charge >= 0.3 is 0 Å². The molecule has 0 aliphatic heterocycles. The lowest BCUT2D eigenvalue weighted by molar-refractivity contribution is 0.669. The van der Waals surface area contributed by atoms with E-state index in [4.69, 9.17) is 4.42 Å². The maximum atomic E-state index is 6.49. The summed E-state index contributed by atoms with van der Waals surface area (Å²) in [7, 11) is 1.99. The fraction of sp³-hybridized carbons (Fsp3) is 0.250. The molecule has 0 aliphatic carbocycles. The van der Waals surface area contributed by atoms with Gasteiger partial charge in [-0.3, -0.25) is 0 Å². The highest BCUT2D eigenvalue weighted by Crippen LogP contribution is 2.38. The largest absolute Gasteiger partial charge is 0.455 e. The van der Waals surface area contributed by atoms with Crippen LogP contribution in [0, 0.1) is 12.8 Å². The first kappa shape index (κ1) is 16.7. The van der Waals surface area contributed by atoms with E-state index in [-0.39, 0.29) is 0 Å². The van der Waals surface area contributed by atoms with Crippen molar-refractivity contribution in [2.75, 3.05) is 7.05 Å². The molecule has 3 aromatic carbocycles. The van der Waals surface area contributed by atoms with Gasteiger partial charge in [-0.15, -0.1) is 0 Å². The van der Waals surface area contributed by atoms with Crippen LogP contribution < -0.4 is 5.32 Å². The molecule has 26 heavy (non-hydrogen) atoms. The molecule has 0 saturated carbocycles. The van der Waals surface area contributed by atoms with Crippen molar-refractivity contribution in [3.8, 4) is 0 Å². The van der Waals surface area contributed by atoms with Gasteiger partial charge in [-0.05, 0) is 29.9 Å². The van der Waals surface area contributed by atoms with E-state index in [9.17, 15) is 0 Å². The zero-order valence-electron chi connectivity index (χ0n) is 15.9. The van der Waals surface area contributed by atoms with Gasteiger partial charge in [0.2, 0.25) is 0 Å². The molecule has 1 N–H and O–H groups in total. The Morgan fingerprint density at radius 3 is 2.50 bits per heavy atom. The summed E-state index contributed by atoms with van der Waals surface area (Å²) in [6, 6.07) is 17.2. The Morgan fingerprint density at radius 1 is 1.00 bits per heavy atom. The van der Waals surface area contributed by atoms with Gasteiger partial charge in [0.25, 0.3) is 0 Å². The SMILES string of the molecule is CCC(C)/C=C(\NC)c1c(C)ccc2c1oc1c3ccccc3ccc21. The summed E-state index contributed by atoms with van der Waals surface area (Å²) in [4.78, 5) is 0. The monoisotopic (exact) mass is 343 g/mol. The van der Waals surface area contributed by atoms with Crippen molar-refractivity contribution < 1.29 is 4.42 Å². The van der Waals surface area contributed by atoms with Crippen LogP contribution in [0.25, 0.3) is 38.4 Å². The van der Waals surface area contributed by atoms with Crippen molar-refractivity contribution in [2.45, 2.75) is 27.2 Å². The first-order valence-corrected chi connectivity index (χ1v) is 9.37. The van der Waals surface area contributed by atoms with Crippen molar-refractivity contribution in [1.29, 1.82) is 0 Å². The molecule has 1 unspecified atom stereocenters. The number of benzene rings is 3. The molecule has 0 fully saturated rings. The van der Waals surface area contributed by atoms with Gasteiger partial charge in [0, 0.05) is 34.5 Å². The summed E-state index contributed by atoms with van der Waals surface area (Å²) in [6.45, 7) is 6.62. The van der Waals surface area contributed by atoms with Gasteiger partial charge in [-0.25, -0.2) is 0 Å². The van der Waals surface area contributed by atoms with Crippen molar-refractivity contribution in [3.63, 3.8) is 0 Å². The molecule has 1 heterocycles. The van der Waals surface area contributed by atoms with Gasteiger partial charge in [-0.1, -0.05) is 68.8 Å². The summed E-state index contributed by atoms with van der Waals surface area (Å²) in [5.41, 5.74) is 5.49. The Hall–Kier alpha value is -2.74. The first-order chi connectivity index (χ1) is 12.6. The zero-order valence-corrected chi connectivity index (χ0v) is 15.9. The average Bonchev–Trinajstić information content (AvgIpc) is 3.05. The highest BCUT2D eigenvalue weighted by Gasteiger charge is 2.17. The second-order valence-corrected chi connectivity index (χ2v) is 7.12. The van der Waals surface area contributed by atoms with Crippen LogP contribution in [0.5, 0.6) is 0 Å². The molecule has 1 atom stereocenters. The van der Waals surface area contributed by atoms with E-state index in [0.29, 0.717) is 5.92 Å². The molecule has 4 rings (SSSR count). The summed E-state index contributed by atoms with van der Waals surface area (Å²) >= 11 is 0. The van der Waals surface area contributed by atoms with E-state index in [0.717, 1.165) is 23.3 Å². The Bertz CT molecular complexity index is 1130. The maximum Gasteiger partial charge on any atom is 0.145 e. The first-order valence-electron chi connectivity index (χ1n) is 9.37. The highest BCUT2D eigenvalue weighted by molar-refractivity contribution is 6.16. The molecule has 0 amide bonds. The van der Waals surface area contributed by atoms with E-state index in [1.54, 1.807) is 0 Å². The Kier molecular flexibility index (Phi) is 4.20. The molecule has 132 valence electrons. The van der Waals surface area contributed by atoms with E-state index in [2.05, 4.69) is 80.7 Å². The lowest BCUT2D eigenvalue weighted by Gasteiger charge is -2.13. The molecule has 0 saturated heterocycles. The minimum atomic E-state index is 0.511. The number of hydrogen-bond donors (Lipinski definition) is 1. The third-order valence-corrected chi connectivity index (χ3v) is 5.37. The van der Waals surface area contributed by atoms with Gasteiger partial charge in [-0.2, -0.15) is 0 Å². The normalized spacial score (nSPS) is 13.6. The van der Waals surface area contributed by atoms with Crippen LogP contribution in [0.1, 0.15) is 31.4 Å². The fourth-order valence-corrected chi connectivity index (χ4v) is 3.70. The predicted molar refractivity (Wildman–Crippen MR) is 112 cm³/mol. The van der Waals surface area contributed by atoms with Crippen LogP contribution in [0.2, 0.25) is 0 Å². The zero-order chi connectivity index (χ0) is 18.3. The molecule has 0 spiro atoms. The van der Waals surface area contributed by atoms with Crippen molar-refractivity contribution in [1.82, 2.24) is 5.32 Å². The second-order valence-electron chi connectivity index (χ2n) is 7.12. The average molecular weight is 343 g/mol. The van der Waals surface area contributed by atoms with Crippen LogP contribution in [0.3, 0.4) is 0 Å².